The van der Waals surface area contributed by atoms with E-state index >= 15 is 0 Å². The Morgan fingerprint density at radius 2 is 1.80 bits per heavy atom. The Balaban J connectivity index is 2.12. The summed E-state index contributed by atoms with van der Waals surface area (Å²) in [7, 11) is 1.66. The van der Waals surface area contributed by atoms with Crippen LogP contribution in [0.3, 0.4) is 0 Å². The second kappa shape index (κ2) is 6.44. The van der Waals surface area contributed by atoms with Crippen molar-refractivity contribution in [1.82, 2.24) is 0 Å². The van der Waals surface area contributed by atoms with E-state index in [1.807, 2.05) is 31.2 Å². The number of hydrogen-bond acceptors (Lipinski definition) is 3. The number of hydrogen-bond donors (Lipinski definition) is 1. The summed E-state index contributed by atoms with van der Waals surface area (Å²) in [5, 5.41) is 0. The lowest BCUT2D eigenvalue weighted by atomic mass is 10.1. The van der Waals surface area contributed by atoms with Gasteiger partial charge in [-0.2, -0.15) is 0 Å². The Hall–Kier alpha value is -2.00. The molecule has 2 N–H and O–H groups in total. The molecular weight excluding hydrogens is 250 g/mol. The molecule has 0 spiro atoms. The smallest absolute Gasteiger partial charge is 0.161 e. The van der Waals surface area contributed by atoms with Crippen LogP contribution in [0.1, 0.15) is 22.3 Å². The Labute approximate surface area is 120 Å². The maximum atomic E-state index is 5.87. The van der Waals surface area contributed by atoms with Crippen molar-refractivity contribution in [1.29, 1.82) is 0 Å². The van der Waals surface area contributed by atoms with Crippen molar-refractivity contribution in [3.8, 4) is 11.5 Å². The van der Waals surface area contributed by atoms with Crippen LogP contribution in [-0.4, -0.2) is 7.11 Å². The van der Waals surface area contributed by atoms with E-state index in [1.54, 1.807) is 7.11 Å². The Kier molecular flexibility index (Phi) is 4.64. The fourth-order valence-corrected chi connectivity index (χ4v) is 2.10. The van der Waals surface area contributed by atoms with Gasteiger partial charge in [-0.1, -0.05) is 24.3 Å². The minimum Gasteiger partial charge on any atom is -0.493 e. The van der Waals surface area contributed by atoms with Crippen LogP contribution in [0.5, 0.6) is 11.5 Å². The first-order chi connectivity index (χ1) is 9.63. The van der Waals surface area contributed by atoms with Crippen molar-refractivity contribution >= 4 is 0 Å². The summed E-state index contributed by atoms with van der Waals surface area (Å²) in [5.41, 5.74) is 10.3. The normalized spacial score (nSPS) is 10.4. The predicted octanol–water partition coefficient (Wildman–Crippen LogP) is 3.35. The number of benzene rings is 2. The third-order valence-corrected chi connectivity index (χ3v) is 3.35. The summed E-state index contributed by atoms with van der Waals surface area (Å²) in [6.45, 7) is 5.19. The molecular formula is C17H21NO2. The quantitative estimate of drug-likeness (QED) is 0.907. The number of rotatable bonds is 5. The minimum absolute atomic E-state index is 0.524. The molecule has 2 aromatic carbocycles. The van der Waals surface area contributed by atoms with Crippen molar-refractivity contribution < 1.29 is 9.47 Å². The van der Waals surface area contributed by atoms with E-state index in [-0.39, 0.29) is 0 Å². The fraction of sp³-hybridized carbons (Fsp3) is 0.294. The second-order valence-electron chi connectivity index (χ2n) is 4.91. The molecule has 0 aromatic heterocycles. The van der Waals surface area contributed by atoms with E-state index < -0.39 is 0 Å². The minimum atomic E-state index is 0.524. The first-order valence-electron chi connectivity index (χ1n) is 6.70. The van der Waals surface area contributed by atoms with Crippen LogP contribution in [-0.2, 0) is 13.2 Å². The van der Waals surface area contributed by atoms with Crippen LogP contribution in [0.2, 0.25) is 0 Å². The van der Waals surface area contributed by atoms with Gasteiger partial charge in [0.25, 0.3) is 0 Å². The van der Waals surface area contributed by atoms with Gasteiger partial charge in [0.15, 0.2) is 11.5 Å². The lowest BCUT2D eigenvalue weighted by Gasteiger charge is -2.13. The van der Waals surface area contributed by atoms with Gasteiger partial charge < -0.3 is 15.2 Å². The van der Waals surface area contributed by atoms with Gasteiger partial charge >= 0.3 is 0 Å². The standard InChI is InChI=1S/C17H21NO2/c1-12-4-7-16(17(8-12)19-3)20-11-15-6-5-14(10-18)9-13(15)2/h4-9H,10-11,18H2,1-3H3. The van der Waals surface area contributed by atoms with Crippen molar-refractivity contribution in [3.63, 3.8) is 0 Å². The maximum Gasteiger partial charge on any atom is 0.161 e. The third-order valence-electron chi connectivity index (χ3n) is 3.35. The average Bonchev–Trinajstić information content (AvgIpc) is 2.46. The molecule has 3 heteroatoms. The summed E-state index contributed by atoms with van der Waals surface area (Å²) >= 11 is 0. The predicted molar refractivity (Wildman–Crippen MR) is 81.1 cm³/mol. The molecule has 3 nitrogen and oxygen atoms in total. The number of ether oxygens (including phenoxy) is 2. The highest BCUT2D eigenvalue weighted by Crippen LogP contribution is 2.28. The maximum absolute atomic E-state index is 5.87. The van der Waals surface area contributed by atoms with Crippen molar-refractivity contribution in [2.24, 2.45) is 5.73 Å². The molecule has 0 unspecified atom stereocenters. The Bertz CT molecular complexity index is 594. The summed E-state index contributed by atoms with van der Waals surface area (Å²) in [6.07, 6.45) is 0. The average molecular weight is 271 g/mol. The molecule has 0 atom stereocenters. The molecule has 2 rings (SSSR count). The largest absolute Gasteiger partial charge is 0.493 e. The zero-order valence-corrected chi connectivity index (χ0v) is 12.3. The van der Waals surface area contributed by atoms with Crippen LogP contribution < -0.4 is 15.2 Å². The van der Waals surface area contributed by atoms with Gasteiger partial charge in [0, 0.05) is 6.54 Å². The van der Waals surface area contributed by atoms with Gasteiger partial charge in [0.1, 0.15) is 6.61 Å². The van der Waals surface area contributed by atoms with Gasteiger partial charge in [-0.3, -0.25) is 0 Å². The first kappa shape index (κ1) is 14.4. The molecule has 0 saturated heterocycles. The molecule has 0 aliphatic heterocycles. The summed E-state index contributed by atoms with van der Waals surface area (Å²) in [5.74, 6) is 1.53. The zero-order valence-electron chi connectivity index (χ0n) is 12.3. The lowest BCUT2D eigenvalue weighted by molar-refractivity contribution is 0.284. The van der Waals surface area contributed by atoms with Crippen molar-refractivity contribution in [2.45, 2.75) is 27.0 Å². The molecule has 0 aliphatic rings. The molecule has 0 radical (unpaired) electrons. The molecule has 0 heterocycles. The molecule has 0 fully saturated rings. The highest BCUT2D eigenvalue weighted by atomic mass is 16.5. The van der Waals surface area contributed by atoms with Crippen molar-refractivity contribution in [2.75, 3.05) is 7.11 Å². The SMILES string of the molecule is COc1cc(C)ccc1OCc1ccc(CN)cc1C. The molecule has 106 valence electrons. The fourth-order valence-electron chi connectivity index (χ4n) is 2.10. The molecule has 2 aromatic rings. The molecule has 0 saturated carbocycles. The molecule has 0 aliphatic carbocycles. The van der Waals surface area contributed by atoms with Gasteiger partial charge in [0.2, 0.25) is 0 Å². The van der Waals surface area contributed by atoms with Crippen LogP contribution in [0.25, 0.3) is 0 Å². The summed E-state index contributed by atoms with van der Waals surface area (Å²) in [4.78, 5) is 0. The Morgan fingerprint density at radius 3 is 2.45 bits per heavy atom. The van der Waals surface area contributed by atoms with E-state index in [0.717, 1.165) is 28.2 Å². The molecule has 0 bridgehead atoms. The molecule has 20 heavy (non-hydrogen) atoms. The molecule has 0 amide bonds. The second-order valence-corrected chi connectivity index (χ2v) is 4.91. The monoisotopic (exact) mass is 271 g/mol. The third kappa shape index (κ3) is 3.31. The lowest BCUT2D eigenvalue weighted by Crippen LogP contribution is -2.02. The van der Waals surface area contributed by atoms with E-state index in [4.69, 9.17) is 15.2 Å². The number of aryl methyl sites for hydroxylation is 2. The highest BCUT2D eigenvalue weighted by molar-refractivity contribution is 5.43. The topological polar surface area (TPSA) is 44.5 Å². The van der Waals surface area contributed by atoms with E-state index in [0.29, 0.717) is 13.2 Å². The highest BCUT2D eigenvalue weighted by Gasteiger charge is 2.06. The van der Waals surface area contributed by atoms with E-state index in [2.05, 4.69) is 19.1 Å². The summed E-state index contributed by atoms with van der Waals surface area (Å²) in [6, 6.07) is 12.1. The van der Waals surface area contributed by atoms with Crippen LogP contribution >= 0.6 is 0 Å². The van der Waals surface area contributed by atoms with Gasteiger partial charge in [-0.05, 0) is 48.2 Å². The van der Waals surface area contributed by atoms with Gasteiger partial charge in [-0.15, -0.1) is 0 Å². The van der Waals surface area contributed by atoms with Crippen LogP contribution in [0.15, 0.2) is 36.4 Å². The van der Waals surface area contributed by atoms with Crippen LogP contribution in [0.4, 0.5) is 0 Å². The van der Waals surface area contributed by atoms with E-state index in [1.165, 1.54) is 5.56 Å². The van der Waals surface area contributed by atoms with Crippen molar-refractivity contribution in [3.05, 3.63) is 58.7 Å². The zero-order chi connectivity index (χ0) is 14.5. The van der Waals surface area contributed by atoms with E-state index in [9.17, 15) is 0 Å². The van der Waals surface area contributed by atoms with Gasteiger partial charge in [0.05, 0.1) is 7.11 Å². The first-order valence-corrected chi connectivity index (χ1v) is 6.70. The number of nitrogens with two attached hydrogens (primary N) is 1. The van der Waals surface area contributed by atoms with Gasteiger partial charge in [-0.25, -0.2) is 0 Å². The van der Waals surface area contributed by atoms with Crippen LogP contribution in [0, 0.1) is 13.8 Å². The Morgan fingerprint density at radius 1 is 1.00 bits per heavy atom. The number of methoxy groups -OCH3 is 1. The summed E-state index contributed by atoms with van der Waals surface area (Å²) < 4.78 is 11.2.